The van der Waals surface area contributed by atoms with Gasteiger partial charge >= 0.3 is 0 Å². The van der Waals surface area contributed by atoms with Crippen LogP contribution in [0.4, 0.5) is 5.82 Å². The fourth-order valence-electron chi connectivity index (χ4n) is 1.29. The monoisotopic (exact) mass is 248 g/mol. The highest BCUT2D eigenvalue weighted by atomic mass is 16.1. The zero-order valence-corrected chi connectivity index (χ0v) is 10.9. The normalized spacial score (nSPS) is 10.2. The van der Waals surface area contributed by atoms with Crippen molar-refractivity contribution >= 4 is 11.7 Å². The lowest BCUT2D eigenvalue weighted by molar-refractivity contribution is 0.0946. The largest absolute Gasteiger partial charge is 0.365 e. The van der Waals surface area contributed by atoms with Crippen LogP contribution in [0.5, 0.6) is 0 Å². The van der Waals surface area contributed by atoms with Gasteiger partial charge in [-0.25, -0.2) is 0 Å². The lowest BCUT2D eigenvalue weighted by Crippen LogP contribution is -2.26. The van der Waals surface area contributed by atoms with Gasteiger partial charge in [0.1, 0.15) is 5.82 Å². The first-order valence-corrected chi connectivity index (χ1v) is 6.10. The number of nitrogens with one attached hydrogen (secondary N) is 2. The van der Waals surface area contributed by atoms with Gasteiger partial charge in [0.2, 0.25) is 0 Å². The van der Waals surface area contributed by atoms with E-state index in [1.54, 1.807) is 18.2 Å². The van der Waals surface area contributed by atoms with Crippen molar-refractivity contribution in [2.24, 2.45) is 5.92 Å². The summed E-state index contributed by atoms with van der Waals surface area (Å²) in [5.41, 5.74) is 0.336. The first-order valence-electron chi connectivity index (χ1n) is 6.10. The molecule has 98 valence electrons. The molecule has 0 aliphatic carbocycles. The maximum Gasteiger partial charge on any atom is 0.271 e. The Morgan fingerprint density at radius 3 is 2.78 bits per heavy atom. The van der Waals surface area contributed by atoms with E-state index in [-0.39, 0.29) is 5.91 Å². The lowest BCUT2D eigenvalue weighted by Gasteiger charge is -2.06. The Bertz CT molecular complexity index is 386. The molecular weight excluding hydrogens is 228 g/mol. The fourth-order valence-corrected chi connectivity index (χ4v) is 1.29. The molecule has 0 spiro atoms. The van der Waals surface area contributed by atoms with Crippen LogP contribution in [0, 0.1) is 5.92 Å². The van der Waals surface area contributed by atoms with E-state index in [2.05, 4.69) is 41.3 Å². The van der Waals surface area contributed by atoms with Crippen LogP contribution < -0.4 is 10.6 Å². The molecule has 0 atom stereocenters. The summed E-state index contributed by atoms with van der Waals surface area (Å²) < 4.78 is 0. The van der Waals surface area contributed by atoms with Crippen molar-refractivity contribution in [3.8, 4) is 0 Å². The third-order valence-electron chi connectivity index (χ3n) is 2.33. The molecule has 18 heavy (non-hydrogen) atoms. The second kappa shape index (κ2) is 7.42. The number of hydrogen-bond acceptors (Lipinski definition) is 4. The van der Waals surface area contributed by atoms with E-state index < -0.39 is 0 Å². The third kappa shape index (κ3) is 4.95. The third-order valence-corrected chi connectivity index (χ3v) is 2.33. The lowest BCUT2D eigenvalue weighted by atomic mass is 10.1. The molecule has 1 aromatic heterocycles. The molecule has 1 amide bonds. The number of carbonyl (C=O) groups excluding carboxylic acids is 1. The Kier molecular flexibility index (Phi) is 5.84. The van der Waals surface area contributed by atoms with E-state index in [1.807, 2.05) is 0 Å². The Morgan fingerprint density at radius 2 is 2.22 bits per heavy atom. The highest BCUT2D eigenvalue weighted by Crippen LogP contribution is 2.02. The van der Waals surface area contributed by atoms with E-state index in [0.29, 0.717) is 30.5 Å². The van der Waals surface area contributed by atoms with Crippen molar-refractivity contribution in [1.29, 1.82) is 0 Å². The second-order valence-corrected chi connectivity index (χ2v) is 4.41. The predicted octanol–water partition coefficient (Wildman–Crippen LogP) is 1.85. The zero-order chi connectivity index (χ0) is 13.4. The number of anilines is 1. The summed E-state index contributed by atoms with van der Waals surface area (Å²) in [7, 11) is 0. The van der Waals surface area contributed by atoms with E-state index in [0.717, 1.165) is 6.42 Å². The minimum atomic E-state index is -0.182. The standard InChI is InChI=1S/C13H20N4O/c1-4-8-14-12-6-5-11(16-17-12)13(18)15-9-7-10(2)3/h4-6,10H,1,7-9H2,2-3H3,(H,14,17)(H,15,18). The molecular formula is C13H20N4O. The highest BCUT2D eigenvalue weighted by Gasteiger charge is 2.07. The van der Waals surface area contributed by atoms with Crippen molar-refractivity contribution in [2.75, 3.05) is 18.4 Å². The maximum atomic E-state index is 11.7. The Hall–Kier alpha value is -1.91. The number of amides is 1. The number of hydrogen-bond donors (Lipinski definition) is 2. The van der Waals surface area contributed by atoms with Crippen LogP contribution >= 0.6 is 0 Å². The molecule has 0 aliphatic heterocycles. The maximum absolute atomic E-state index is 11.7. The molecule has 1 heterocycles. The van der Waals surface area contributed by atoms with E-state index in [9.17, 15) is 4.79 Å². The van der Waals surface area contributed by atoms with Crippen molar-refractivity contribution < 1.29 is 4.79 Å². The van der Waals surface area contributed by atoms with Crippen LogP contribution in [0.2, 0.25) is 0 Å². The zero-order valence-electron chi connectivity index (χ0n) is 10.9. The molecule has 5 nitrogen and oxygen atoms in total. The second-order valence-electron chi connectivity index (χ2n) is 4.41. The van der Waals surface area contributed by atoms with Gasteiger partial charge in [0.25, 0.3) is 5.91 Å². The van der Waals surface area contributed by atoms with Gasteiger partial charge in [-0.05, 0) is 24.5 Å². The molecule has 0 fully saturated rings. The fraction of sp³-hybridized carbons (Fsp3) is 0.462. The molecule has 0 aromatic carbocycles. The Labute approximate surface area is 108 Å². The van der Waals surface area contributed by atoms with Crippen LogP contribution in [0.15, 0.2) is 24.8 Å². The number of carbonyl (C=O) groups is 1. The predicted molar refractivity (Wildman–Crippen MR) is 72.5 cm³/mol. The van der Waals surface area contributed by atoms with Crippen LogP contribution in [-0.4, -0.2) is 29.2 Å². The van der Waals surface area contributed by atoms with Gasteiger partial charge in [-0.15, -0.1) is 16.8 Å². The van der Waals surface area contributed by atoms with Crippen LogP contribution in [0.1, 0.15) is 30.8 Å². The van der Waals surface area contributed by atoms with Gasteiger partial charge in [0.05, 0.1) is 0 Å². The topological polar surface area (TPSA) is 66.9 Å². The summed E-state index contributed by atoms with van der Waals surface area (Å²) in [5.74, 6) is 1.02. The Balaban J connectivity index is 2.45. The summed E-state index contributed by atoms with van der Waals surface area (Å²) >= 11 is 0. The summed E-state index contributed by atoms with van der Waals surface area (Å²) in [6.07, 6.45) is 2.69. The number of nitrogens with zero attached hydrogens (tertiary/aromatic N) is 2. The van der Waals surface area contributed by atoms with Gasteiger partial charge in [0.15, 0.2) is 5.69 Å². The minimum Gasteiger partial charge on any atom is -0.365 e. The quantitative estimate of drug-likeness (QED) is 0.723. The van der Waals surface area contributed by atoms with E-state index >= 15 is 0 Å². The summed E-state index contributed by atoms with van der Waals surface area (Å²) in [5, 5.41) is 13.6. The van der Waals surface area contributed by atoms with Gasteiger partial charge in [-0.2, -0.15) is 0 Å². The number of rotatable bonds is 7. The molecule has 2 N–H and O–H groups in total. The van der Waals surface area contributed by atoms with Gasteiger partial charge in [-0.3, -0.25) is 4.79 Å². The summed E-state index contributed by atoms with van der Waals surface area (Å²) in [6, 6.07) is 3.39. The van der Waals surface area contributed by atoms with Gasteiger partial charge in [0, 0.05) is 13.1 Å². The minimum absolute atomic E-state index is 0.182. The molecule has 0 bridgehead atoms. The van der Waals surface area contributed by atoms with Crippen molar-refractivity contribution in [3.05, 3.63) is 30.5 Å². The molecule has 1 rings (SSSR count). The smallest absolute Gasteiger partial charge is 0.271 e. The molecule has 0 saturated heterocycles. The van der Waals surface area contributed by atoms with Crippen molar-refractivity contribution in [2.45, 2.75) is 20.3 Å². The molecule has 5 heteroatoms. The van der Waals surface area contributed by atoms with Crippen LogP contribution in [0.25, 0.3) is 0 Å². The van der Waals surface area contributed by atoms with Gasteiger partial charge in [-0.1, -0.05) is 19.9 Å². The van der Waals surface area contributed by atoms with Crippen molar-refractivity contribution in [3.63, 3.8) is 0 Å². The number of aromatic nitrogens is 2. The summed E-state index contributed by atoms with van der Waals surface area (Å²) in [4.78, 5) is 11.7. The average molecular weight is 248 g/mol. The van der Waals surface area contributed by atoms with E-state index in [4.69, 9.17) is 0 Å². The molecule has 0 aliphatic rings. The first-order chi connectivity index (χ1) is 8.63. The molecule has 1 aromatic rings. The van der Waals surface area contributed by atoms with E-state index in [1.165, 1.54) is 0 Å². The molecule has 0 radical (unpaired) electrons. The average Bonchev–Trinajstić information content (AvgIpc) is 2.36. The molecule has 0 saturated carbocycles. The van der Waals surface area contributed by atoms with Crippen molar-refractivity contribution in [1.82, 2.24) is 15.5 Å². The SMILES string of the molecule is C=CCNc1ccc(C(=O)NCCC(C)C)nn1. The summed E-state index contributed by atoms with van der Waals surface area (Å²) in [6.45, 7) is 9.11. The van der Waals surface area contributed by atoms with Crippen LogP contribution in [-0.2, 0) is 0 Å². The van der Waals surface area contributed by atoms with Gasteiger partial charge < -0.3 is 10.6 Å². The Morgan fingerprint density at radius 1 is 1.44 bits per heavy atom. The molecule has 0 unspecified atom stereocenters. The highest BCUT2D eigenvalue weighted by molar-refractivity contribution is 5.92. The first kappa shape index (κ1) is 14.2. The van der Waals surface area contributed by atoms with Crippen LogP contribution in [0.3, 0.4) is 0 Å².